The lowest BCUT2D eigenvalue weighted by Gasteiger charge is -2.45. The van der Waals surface area contributed by atoms with Gasteiger partial charge >= 0.3 is 0 Å². The highest BCUT2D eigenvalue weighted by Crippen LogP contribution is 2.28. The summed E-state index contributed by atoms with van der Waals surface area (Å²) in [6.45, 7) is 4.48. The van der Waals surface area contributed by atoms with Crippen molar-refractivity contribution >= 4 is 16.9 Å². The van der Waals surface area contributed by atoms with E-state index in [1.165, 1.54) is 18.3 Å². The van der Waals surface area contributed by atoms with Crippen LogP contribution in [0.4, 0.5) is 8.78 Å². The van der Waals surface area contributed by atoms with Gasteiger partial charge in [0, 0.05) is 42.5 Å². The zero-order valence-electron chi connectivity index (χ0n) is 18.9. The second-order valence-corrected chi connectivity index (χ2v) is 8.89. The van der Waals surface area contributed by atoms with Gasteiger partial charge in [-0.1, -0.05) is 6.92 Å². The molecule has 1 saturated carbocycles. The quantitative estimate of drug-likeness (QED) is 0.516. The van der Waals surface area contributed by atoms with E-state index < -0.39 is 17.7 Å². The number of rotatable bonds is 7. The van der Waals surface area contributed by atoms with Crippen molar-refractivity contribution in [1.29, 1.82) is 0 Å². The number of carbonyl (C=O) groups is 1. The number of aryl methyl sites for hydroxylation is 1. The first-order valence-electron chi connectivity index (χ1n) is 11.4. The number of fused-ring (bicyclic) bond motifs is 1. The van der Waals surface area contributed by atoms with E-state index in [0.29, 0.717) is 29.6 Å². The average Bonchev–Trinajstić information content (AvgIpc) is 3.64. The Morgan fingerprint density at radius 2 is 2.09 bits per heavy atom. The number of nitrogens with one attached hydrogen (secondary N) is 2. The Bertz CT molecular complexity index is 1320. The van der Waals surface area contributed by atoms with E-state index in [9.17, 15) is 14.0 Å². The monoisotopic (exact) mass is 469 g/mol. The minimum absolute atomic E-state index is 0.0170. The van der Waals surface area contributed by atoms with Crippen molar-refractivity contribution in [2.75, 3.05) is 6.54 Å². The number of hydrogen-bond donors (Lipinski definition) is 2. The molecule has 0 bridgehead atoms. The molecule has 0 spiro atoms. The standard InChI is InChI=1S/C24H25F2N5O3/c1-3-13-8-17-21(30-23(13)32)20(25)14(9-27-17)10-31-11-19(12(31)2)34-18-7-6-16(29-22(18)26)24(33)28-15-4-5-15/h6-9,12,15,19H,3-5,10-11H2,1-2H3,(H,28,33)(H,30,32)/t12-,19-/m0/s1. The number of hydrogen-bond acceptors (Lipinski definition) is 6. The smallest absolute Gasteiger partial charge is 0.270 e. The maximum Gasteiger partial charge on any atom is 0.270 e. The van der Waals surface area contributed by atoms with E-state index in [4.69, 9.17) is 4.74 Å². The molecule has 5 rings (SSSR count). The van der Waals surface area contributed by atoms with Crippen molar-refractivity contribution in [2.45, 2.75) is 57.8 Å². The fourth-order valence-electron chi connectivity index (χ4n) is 4.06. The topological polar surface area (TPSA) is 100 Å². The average molecular weight is 469 g/mol. The first-order chi connectivity index (χ1) is 16.3. The summed E-state index contributed by atoms with van der Waals surface area (Å²) in [6.07, 6.45) is 3.57. The van der Waals surface area contributed by atoms with E-state index in [0.717, 1.165) is 12.8 Å². The lowest BCUT2D eigenvalue weighted by molar-refractivity contribution is -0.0437. The molecule has 3 aromatic rings. The van der Waals surface area contributed by atoms with Gasteiger partial charge in [-0.15, -0.1) is 0 Å². The lowest BCUT2D eigenvalue weighted by Crippen LogP contribution is -2.60. The summed E-state index contributed by atoms with van der Waals surface area (Å²) in [6, 6.07) is 4.51. The van der Waals surface area contributed by atoms with E-state index in [-0.39, 0.29) is 47.3 Å². The van der Waals surface area contributed by atoms with Gasteiger partial charge in [-0.2, -0.15) is 4.39 Å². The highest BCUT2D eigenvalue weighted by molar-refractivity contribution is 5.92. The van der Waals surface area contributed by atoms with Crippen LogP contribution >= 0.6 is 0 Å². The van der Waals surface area contributed by atoms with Gasteiger partial charge in [0.15, 0.2) is 11.6 Å². The van der Waals surface area contributed by atoms with Crippen molar-refractivity contribution in [3.63, 3.8) is 0 Å². The zero-order chi connectivity index (χ0) is 24.0. The summed E-state index contributed by atoms with van der Waals surface area (Å²) in [5.41, 5.74) is 1.12. The molecule has 2 fully saturated rings. The number of aromatic amines is 1. The van der Waals surface area contributed by atoms with Crippen molar-refractivity contribution in [3.05, 3.63) is 63.3 Å². The van der Waals surface area contributed by atoms with Gasteiger partial charge in [-0.05, 0) is 44.4 Å². The van der Waals surface area contributed by atoms with Gasteiger partial charge in [-0.3, -0.25) is 19.5 Å². The number of likely N-dealkylation sites (tertiary alicyclic amines) is 1. The fraction of sp³-hybridized carbons (Fsp3) is 0.417. The molecule has 1 aliphatic carbocycles. The molecule has 0 unspecified atom stereocenters. The molecule has 8 nitrogen and oxygen atoms in total. The Labute approximate surface area is 194 Å². The summed E-state index contributed by atoms with van der Waals surface area (Å²) in [5, 5.41) is 2.77. The molecule has 4 heterocycles. The van der Waals surface area contributed by atoms with Crippen LogP contribution in [-0.2, 0) is 13.0 Å². The second-order valence-electron chi connectivity index (χ2n) is 8.89. The van der Waals surface area contributed by atoms with E-state index in [2.05, 4.69) is 20.3 Å². The van der Waals surface area contributed by atoms with Crippen molar-refractivity contribution < 1.29 is 18.3 Å². The first kappa shape index (κ1) is 22.4. The molecule has 10 heteroatoms. The highest BCUT2D eigenvalue weighted by Gasteiger charge is 2.38. The third-order valence-corrected chi connectivity index (χ3v) is 6.48. The summed E-state index contributed by atoms with van der Waals surface area (Å²) in [4.78, 5) is 36.7. The maximum absolute atomic E-state index is 15.1. The molecule has 0 aromatic carbocycles. The Morgan fingerprint density at radius 3 is 2.76 bits per heavy atom. The number of amides is 1. The number of H-pyrrole nitrogens is 1. The highest BCUT2D eigenvalue weighted by atomic mass is 19.1. The van der Waals surface area contributed by atoms with E-state index in [1.807, 2.05) is 18.7 Å². The SMILES string of the molecule is CCc1cc2ncc(CN3C[C@H](Oc4ccc(C(=O)NC5CC5)nc4F)[C@@H]3C)c(F)c2[nH]c1=O. The van der Waals surface area contributed by atoms with Gasteiger partial charge < -0.3 is 15.0 Å². The normalized spacial score (nSPS) is 20.2. The van der Waals surface area contributed by atoms with Crippen LogP contribution in [0.15, 0.2) is 29.2 Å². The van der Waals surface area contributed by atoms with Crippen LogP contribution in [0.3, 0.4) is 0 Å². The zero-order valence-corrected chi connectivity index (χ0v) is 18.9. The van der Waals surface area contributed by atoms with Crippen LogP contribution in [0.1, 0.15) is 48.3 Å². The van der Waals surface area contributed by atoms with Gasteiger partial charge in [0.25, 0.3) is 17.4 Å². The van der Waals surface area contributed by atoms with E-state index in [1.54, 1.807) is 6.07 Å². The molecule has 1 saturated heterocycles. The Hall–Kier alpha value is -3.40. The minimum atomic E-state index is -0.839. The number of nitrogens with zero attached hydrogens (tertiary/aromatic N) is 3. The predicted octanol–water partition coefficient (Wildman–Crippen LogP) is 2.70. The number of aromatic nitrogens is 3. The van der Waals surface area contributed by atoms with Crippen LogP contribution in [0.25, 0.3) is 11.0 Å². The molecule has 2 N–H and O–H groups in total. The Morgan fingerprint density at radius 1 is 1.29 bits per heavy atom. The molecule has 2 aliphatic rings. The van der Waals surface area contributed by atoms with Crippen LogP contribution < -0.4 is 15.6 Å². The third kappa shape index (κ3) is 4.25. The molecule has 1 amide bonds. The summed E-state index contributed by atoms with van der Waals surface area (Å²) in [5.74, 6) is -1.76. The summed E-state index contributed by atoms with van der Waals surface area (Å²) >= 11 is 0. The molecule has 34 heavy (non-hydrogen) atoms. The van der Waals surface area contributed by atoms with Crippen LogP contribution in [0.2, 0.25) is 0 Å². The van der Waals surface area contributed by atoms with Gasteiger partial charge in [-0.25, -0.2) is 9.37 Å². The summed E-state index contributed by atoms with van der Waals surface area (Å²) < 4.78 is 35.2. The Kier molecular flexibility index (Phi) is 5.76. The van der Waals surface area contributed by atoms with Crippen molar-refractivity contribution in [3.8, 4) is 5.75 Å². The summed E-state index contributed by atoms with van der Waals surface area (Å²) in [7, 11) is 0. The van der Waals surface area contributed by atoms with Gasteiger partial charge in [0.05, 0.1) is 5.52 Å². The van der Waals surface area contributed by atoms with Gasteiger partial charge in [0.1, 0.15) is 17.3 Å². The molecule has 178 valence electrons. The van der Waals surface area contributed by atoms with Crippen molar-refractivity contribution in [1.82, 2.24) is 25.2 Å². The largest absolute Gasteiger partial charge is 0.483 e. The lowest BCUT2D eigenvalue weighted by atomic mass is 9.99. The van der Waals surface area contributed by atoms with Crippen LogP contribution in [-0.4, -0.2) is 50.5 Å². The number of ether oxygens (including phenoxy) is 1. The number of carbonyl (C=O) groups excluding carboxylic acids is 1. The molecule has 0 radical (unpaired) electrons. The third-order valence-electron chi connectivity index (χ3n) is 6.48. The second kappa shape index (κ2) is 8.75. The van der Waals surface area contributed by atoms with E-state index >= 15 is 4.39 Å². The molecular formula is C24H25F2N5O3. The number of halogens is 2. The Balaban J connectivity index is 1.23. The van der Waals surface area contributed by atoms with Crippen molar-refractivity contribution in [2.24, 2.45) is 0 Å². The fourth-order valence-corrected chi connectivity index (χ4v) is 4.06. The van der Waals surface area contributed by atoms with Gasteiger partial charge in [0.2, 0.25) is 0 Å². The molecule has 3 aromatic heterocycles. The molecule has 2 atom stereocenters. The molecule has 1 aliphatic heterocycles. The maximum atomic E-state index is 15.1. The van der Waals surface area contributed by atoms with Crippen LogP contribution in [0.5, 0.6) is 5.75 Å². The van der Waals surface area contributed by atoms with Crippen LogP contribution in [0, 0.1) is 11.8 Å². The molecular weight excluding hydrogens is 444 g/mol. The number of pyridine rings is 3. The predicted molar refractivity (Wildman–Crippen MR) is 121 cm³/mol. The minimum Gasteiger partial charge on any atom is -0.483 e. The first-order valence-corrected chi connectivity index (χ1v) is 11.4.